The quantitative estimate of drug-likeness (QED) is 0.561. The number of hydrogen-bond donors (Lipinski definition) is 1. The number of esters is 1. The molecule has 2 aliphatic rings. The number of methoxy groups -OCH3 is 2. The maximum absolute atomic E-state index is 13.7. The van der Waals surface area contributed by atoms with Gasteiger partial charge in [-0.05, 0) is 36.6 Å². The standard InChI is InChI=1S/C29H33NO5/c1-17(2)16-35-29(32)26-18(3)30-23-14-20(19-10-12-21(33-4)13-11-19)15-24(31)28(23)27(26)22-8-6-7-9-25(22)34-5/h6-14,17,20,27-28,30H,15-16H2,1-5H3. The first kappa shape index (κ1) is 24.6. The molecule has 3 unspecified atom stereocenters. The van der Waals surface area contributed by atoms with Gasteiger partial charge in [-0.15, -0.1) is 0 Å². The monoisotopic (exact) mass is 475 g/mol. The number of Topliss-reactive ketones (excluding diaryl/α,β-unsaturated/α-hetero) is 1. The maximum Gasteiger partial charge on any atom is 0.336 e. The number of carbonyl (C=O) groups excluding carboxylic acids is 2. The molecule has 0 bridgehead atoms. The van der Waals surface area contributed by atoms with E-state index < -0.39 is 17.8 Å². The summed E-state index contributed by atoms with van der Waals surface area (Å²) in [7, 11) is 3.24. The van der Waals surface area contributed by atoms with Gasteiger partial charge in [-0.2, -0.15) is 0 Å². The van der Waals surface area contributed by atoms with Crippen molar-refractivity contribution >= 4 is 11.8 Å². The van der Waals surface area contributed by atoms with Crippen molar-refractivity contribution in [1.82, 2.24) is 5.32 Å². The van der Waals surface area contributed by atoms with Crippen molar-refractivity contribution < 1.29 is 23.8 Å². The number of benzene rings is 2. The van der Waals surface area contributed by atoms with Gasteiger partial charge in [-0.25, -0.2) is 4.79 Å². The summed E-state index contributed by atoms with van der Waals surface area (Å²) in [6.45, 7) is 6.17. The van der Waals surface area contributed by atoms with Gasteiger partial charge in [0.15, 0.2) is 0 Å². The minimum absolute atomic E-state index is 0.0623. The lowest BCUT2D eigenvalue weighted by Gasteiger charge is -2.40. The average molecular weight is 476 g/mol. The second-order valence-electron chi connectivity index (χ2n) is 9.53. The second kappa shape index (κ2) is 10.4. The Morgan fingerprint density at radius 2 is 1.74 bits per heavy atom. The third-order valence-corrected chi connectivity index (χ3v) is 6.65. The molecule has 0 spiro atoms. The van der Waals surface area contributed by atoms with Crippen LogP contribution in [-0.4, -0.2) is 32.6 Å². The summed E-state index contributed by atoms with van der Waals surface area (Å²) in [5.74, 6) is 0.222. The summed E-state index contributed by atoms with van der Waals surface area (Å²) >= 11 is 0. The minimum atomic E-state index is -0.522. The lowest BCUT2D eigenvalue weighted by molar-refractivity contribution is -0.140. The van der Waals surface area contributed by atoms with Crippen LogP contribution in [0.5, 0.6) is 11.5 Å². The molecule has 1 N–H and O–H groups in total. The largest absolute Gasteiger partial charge is 0.497 e. The van der Waals surface area contributed by atoms with Crippen molar-refractivity contribution in [2.45, 2.75) is 39.0 Å². The van der Waals surface area contributed by atoms with E-state index in [0.29, 0.717) is 30.0 Å². The van der Waals surface area contributed by atoms with Gasteiger partial charge in [0.05, 0.1) is 32.3 Å². The molecule has 4 rings (SSSR count). The molecule has 2 aromatic rings. The third-order valence-electron chi connectivity index (χ3n) is 6.65. The number of nitrogens with one attached hydrogen (secondary N) is 1. The van der Waals surface area contributed by atoms with Crippen LogP contribution >= 0.6 is 0 Å². The molecule has 2 aromatic carbocycles. The molecular weight excluding hydrogens is 442 g/mol. The molecule has 3 atom stereocenters. The zero-order valence-corrected chi connectivity index (χ0v) is 21.0. The lowest BCUT2D eigenvalue weighted by Crippen LogP contribution is -2.42. The normalized spacial score (nSPS) is 21.7. The lowest BCUT2D eigenvalue weighted by atomic mass is 9.68. The van der Waals surface area contributed by atoms with Crippen LogP contribution < -0.4 is 14.8 Å². The van der Waals surface area contributed by atoms with Gasteiger partial charge >= 0.3 is 5.97 Å². The van der Waals surface area contributed by atoms with E-state index in [-0.39, 0.29) is 17.6 Å². The van der Waals surface area contributed by atoms with Crippen LogP contribution in [0.2, 0.25) is 0 Å². The number of para-hydroxylation sites is 1. The smallest absolute Gasteiger partial charge is 0.336 e. The number of hydrogen-bond acceptors (Lipinski definition) is 6. The predicted octanol–water partition coefficient (Wildman–Crippen LogP) is 5.12. The van der Waals surface area contributed by atoms with Gasteiger partial charge in [0.1, 0.15) is 17.3 Å². The highest BCUT2D eigenvalue weighted by atomic mass is 16.5. The molecular formula is C29H33NO5. The second-order valence-corrected chi connectivity index (χ2v) is 9.53. The molecule has 1 heterocycles. The molecule has 6 heteroatoms. The van der Waals surface area contributed by atoms with Crippen molar-refractivity contribution in [1.29, 1.82) is 0 Å². The molecule has 0 saturated heterocycles. The van der Waals surface area contributed by atoms with E-state index in [0.717, 1.165) is 22.6 Å². The fourth-order valence-corrected chi connectivity index (χ4v) is 4.99. The molecule has 35 heavy (non-hydrogen) atoms. The van der Waals surface area contributed by atoms with E-state index in [1.54, 1.807) is 14.2 Å². The van der Waals surface area contributed by atoms with Gasteiger partial charge in [0.25, 0.3) is 0 Å². The highest BCUT2D eigenvalue weighted by Crippen LogP contribution is 2.48. The van der Waals surface area contributed by atoms with Gasteiger partial charge in [0.2, 0.25) is 0 Å². The summed E-state index contributed by atoms with van der Waals surface area (Å²) in [5.41, 5.74) is 3.84. The number of carbonyl (C=O) groups is 2. The topological polar surface area (TPSA) is 73.9 Å². The number of ether oxygens (including phenoxy) is 3. The number of fused-ring (bicyclic) bond motifs is 1. The molecule has 1 aliphatic carbocycles. The highest BCUT2D eigenvalue weighted by molar-refractivity contribution is 5.96. The first-order chi connectivity index (χ1) is 16.8. The Morgan fingerprint density at radius 1 is 1.03 bits per heavy atom. The van der Waals surface area contributed by atoms with Gasteiger partial charge in [-0.1, -0.05) is 50.3 Å². The maximum atomic E-state index is 13.7. The highest BCUT2D eigenvalue weighted by Gasteiger charge is 2.46. The zero-order chi connectivity index (χ0) is 25.1. The number of rotatable bonds is 7. The Hall–Kier alpha value is -3.54. The molecule has 0 fully saturated rings. The van der Waals surface area contributed by atoms with E-state index in [1.165, 1.54) is 0 Å². The van der Waals surface area contributed by atoms with E-state index in [4.69, 9.17) is 14.2 Å². The van der Waals surface area contributed by atoms with Crippen LogP contribution in [0.3, 0.4) is 0 Å². The van der Waals surface area contributed by atoms with Crippen molar-refractivity contribution in [3.8, 4) is 11.5 Å². The van der Waals surface area contributed by atoms with Crippen LogP contribution in [-0.2, 0) is 14.3 Å². The van der Waals surface area contributed by atoms with Gasteiger partial charge in [0, 0.05) is 35.2 Å². The van der Waals surface area contributed by atoms with Crippen molar-refractivity contribution in [3.63, 3.8) is 0 Å². The summed E-state index contributed by atoms with van der Waals surface area (Å²) in [6, 6.07) is 15.4. The SMILES string of the molecule is COc1ccc(C2C=C3NC(C)=C(C(=O)OCC(C)C)C(c4ccccc4OC)C3C(=O)C2)cc1. The first-order valence-electron chi connectivity index (χ1n) is 12.0. The first-order valence-corrected chi connectivity index (χ1v) is 12.0. The van der Waals surface area contributed by atoms with E-state index in [1.807, 2.05) is 69.3 Å². The van der Waals surface area contributed by atoms with Crippen LogP contribution in [0, 0.1) is 11.8 Å². The molecule has 0 radical (unpaired) electrons. The van der Waals surface area contributed by atoms with Crippen LogP contribution in [0.15, 0.2) is 71.6 Å². The summed E-state index contributed by atoms with van der Waals surface area (Å²) < 4.78 is 16.6. The predicted molar refractivity (Wildman–Crippen MR) is 134 cm³/mol. The summed E-state index contributed by atoms with van der Waals surface area (Å²) in [5, 5.41) is 3.38. The van der Waals surface area contributed by atoms with E-state index in [9.17, 15) is 9.59 Å². The Labute approximate surface area is 207 Å². The molecule has 184 valence electrons. The Balaban J connectivity index is 1.80. The third kappa shape index (κ3) is 4.97. The Morgan fingerprint density at radius 3 is 2.40 bits per heavy atom. The molecule has 6 nitrogen and oxygen atoms in total. The summed E-state index contributed by atoms with van der Waals surface area (Å²) in [4.78, 5) is 27.1. The van der Waals surface area contributed by atoms with Crippen LogP contribution in [0.1, 0.15) is 50.2 Å². The fourth-order valence-electron chi connectivity index (χ4n) is 4.99. The van der Waals surface area contributed by atoms with E-state index in [2.05, 4.69) is 11.4 Å². The van der Waals surface area contributed by atoms with Crippen molar-refractivity contribution in [3.05, 3.63) is 82.7 Å². The minimum Gasteiger partial charge on any atom is -0.497 e. The van der Waals surface area contributed by atoms with Crippen LogP contribution in [0.25, 0.3) is 0 Å². The molecule has 0 aromatic heterocycles. The number of allylic oxidation sites excluding steroid dienone is 3. The van der Waals surface area contributed by atoms with Crippen molar-refractivity contribution in [2.75, 3.05) is 20.8 Å². The molecule has 0 amide bonds. The van der Waals surface area contributed by atoms with Gasteiger partial charge in [-0.3, -0.25) is 4.79 Å². The average Bonchev–Trinajstić information content (AvgIpc) is 2.86. The summed E-state index contributed by atoms with van der Waals surface area (Å²) in [6.07, 6.45) is 2.47. The Kier molecular flexibility index (Phi) is 7.29. The number of ketones is 1. The zero-order valence-electron chi connectivity index (χ0n) is 21.0. The molecule has 0 saturated carbocycles. The van der Waals surface area contributed by atoms with Crippen molar-refractivity contribution in [2.24, 2.45) is 11.8 Å². The van der Waals surface area contributed by atoms with E-state index >= 15 is 0 Å². The van der Waals surface area contributed by atoms with Crippen LogP contribution in [0.4, 0.5) is 0 Å². The fraction of sp³-hybridized carbons (Fsp3) is 0.379. The Bertz CT molecular complexity index is 1160. The van der Waals surface area contributed by atoms with Gasteiger partial charge < -0.3 is 19.5 Å². The molecule has 1 aliphatic heterocycles.